The number of rotatable bonds is 7. The molecule has 0 saturated carbocycles. The normalized spacial score (nSPS) is 23.3. The number of likely N-dealkylation sites (tertiary alicyclic amines) is 1. The largest absolute Gasteiger partial charge is 0.379 e. The number of piperazine rings is 1. The number of carbonyl (C=O) groups excluding carboxylic acids is 4. The number of fused-ring (bicyclic) bond motifs is 1. The first kappa shape index (κ1) is 34.0. The number of piperidine rings is 2. The van der Waals surface area contributed by atoms with Gasteiger partial charge in [-0.15, -0.1) is 0 Å². The highest BCUT2D eigenvalue weighted by atomic mass is 79.9. The van der Waals surface area contributed by atoms with Gasteiger partial charge in [0.05, 0.1) is 28.7 Å². The number of anilines is 2. The van der Waals surface area contributed by atoms with E-state index in [4.69, 9.17) is 0 Å². The van der Waals surface area contributed by atoms with Crippen LogP contribution in [-0.2, 0) is 23.2 Å². The number of aryl methyl sites for hydroxylation is 1. The summed E-state index contributed by atoms with van der Waals surface area (Å²) in [5.74, 6) is -2.80. The van der Waals surface area contributed by atoms with Gasteiger partial charge in [-0.3, -0.25) is 39.1 Å². The van der Waals surface area contributed by atoms with E-state index in [0.717, 1.165) is 37.0 Å². The molecule has 4 amide bonds. The number of nitrogens with one attached hydrogen (secondary N) is 2. The molecule has 5 heterocycles. The summed E-state index contributed by atoms with van der Waals surface area (Å²) in [4.78, 5) is 70.0. The maximum Gasteiger partial charge on any atom is 0.282 e. The lowest BCUT2D eigenvalue weighted by atomic mass is 9.87. The van der Waals surface area contributed by atoms with Crippen LogP contribution in [0.4, 0.5) is 15.8 Å². The van der Waals surface area contributed by atoms with Crippen LogP contribution in [0, 0.1) is 5.82 Å². The molecule has 2 N–H and O–H groups in total. The van der Waals surface area contributed by atoms with E-state index in [2.05, 4.69) is 72.8 Å². The zero-order valence-electron chi connectivity index (χ0n) is 27.8. The van der Waals surface area contributed by atoms with Crippen LogP contribution in [0.5, 0.6) is 0 Å². The summed E-state index contributed by atoms with van der Waals surface area (Å²) in [7, 11) is 3.73. The van der Waals surface area contributed by atoms with Gasteiger partial charge in [0.2, 0.25) is 11.8 Å². The second-order valence-corrected chi connectivity index (χ2v) is 14.4. The molecular weight excluding hydrogens is 711 g/mol. The lowest BCUT2D eigenvalue weighted by Crippen LogP contribution is -2.54. The summed E-state index contributed by atoms with van der Waals surface area (Å²) < 4.78 is 17.2. The number of halogens is 2. The van der Waals surface area contributed by atoms with Crippen LogP contribution in [0.2, 0.25) is 0 Å². The Morgan fingerprint density at radius 2 is 1.66 bits per heavy atom. The van der Waals surface area contributed by atoms with Crippen molar-refractivity contribution < 1.29 is 23.6 Å². The number of carbonyl (C=O) groups is 4. The minimum Gasteiger partial charge on any atom is -0.379 e. The van der Waals surface area contributed by atoms with Crippen molar-refractivity contribution >= 4 is 50.9 Å². The first-order valence-electron chi connectivity index (χ1n) is 16.7. The molecule has 3 aromatic rings. The van der Waals surface area contributed by atoms with Gasteiger partial charge < -0.3 is 15.1 Å². The van der Waals surface area contributed by atoms with E-state index in [-0.39, 0.29) is 41.3 Å². The fourth-order valence-corrected chi connectivity index (χ4v) is 7.99. The highest BCUT2D eigenvalue weighted by Crippen LogP contribution is 2.34. The van der Waals surface area contributed by atoms with Crippen LogP contribution in [-0.4, -0.2) is 107 Å². The highest BCUT2D eigenvalue weighted by Gasteiger charge is 2.45. The zero-order chi connectivity index (χ0) is 35.3. The molecule has 4 aliphatic rings. The third-order valence-corrected chi connectivity index (χ3v) is 10.9. The molecule has 1 aromatic heterocycles. The number of nitrogens with zero attached hydrogens (tertiary/aromatic N) is 6. The third-order valence-electron chi connectivity index (χ3n) is 10.1. The lowest BCUT2D eigenvalue weighted by Gasteiger charge is -2.37. The SMILES string of the molecule is CN1CC(Nc2cnn(C)c(=O)c2Br)CC(c2ccc(CN3CCN(c4cc5c(cc4F)C(=O)N(C4CCC(=O)NC4=O)C5=O)CC3)cc2)C1. The Morgan fingerprint density at radius 3 is 2.36 bits per heavy atom. The van der Waals surface area contributed by atoms with Crippen molar-refractivity contribution in [2.75, 3.05) is 56.5 Å². The summed E-state index contributed by atoms with van der Waals surface area (Å²) in [5.41, 5.74) is 3.21. The van der Waals surface area contributed by atoms with Gasteiger partial charge in [-0.05, 0) is 65.0 Å². The minimum absolute atomic E-state index is 0.0188. The Bertz CT molecular complexity index is 1930. The van der Waals surface area contributed by atoms with Gasteiger partial charge in [0.15, 0.2) is 0 Å². The third kappa shape index (κ3) is 6.56. The molecule has 4 aliphatic heterocycles. The maximum atomic E-state index is 15.4. The topological polar surface area (TPSA) is 140 Å². The van der Waals surface area contributed by atoms with Crippen molar-refractivity contribution in [1.29, 1.82) is 0 Å². The van der Waals surface area contributed by atoms with Crippen LogP contribution in [0.1, 0.15) is 57.0 Å². The van der Waals surface area contributed by atoms with E-state index in [9.17, 15) is 24.0 Å². The van der Waals surface area contributed by atoms with Crippen LogP contribution >= 0.6 is 15.9 Å². The Balaban J connectivity index is 0.953. The molecule has 50 heavy (non-hydrogen) atoms. The summed E-state index contributed by atoms with van der Waals surface area (Å²) in [5, 5.41) is 9.84. The quantitative estimate of drug-likeness (QED) is 0.346. The van der Waals surface area contributed by atoms with Gasteiger partial charge in [-0.25, -0.2) is 9.07 Å². The number of likely N-dealkylation sites (N-methyl/N-ethyl adjacent to an activating group) is 1. The Hall–Kier alpha value is -4.47. The molecule has 3 saturated heterocycles. The van der Waals surface area contributed by atoms with Crippen molar-refractivity contribution in [2.45, 2.75) is 43.8 Å². The minimum atomic E-state index is -1.10. The van der Waals surface area contributed by atoms with E-state index in [1.807, 2.05) is 4.90 Å². The number of hydrogen-bond acceptors (Lipinski definition) is 10. The fraction of sp³-hybridized carbons (Fsp3) is 0.429. The summed E-state index contributed by atoms with van der Waals surface area (Å²) in [6, 6.07) is 10.3. The summed E-state index contributed by atoms with van der Waals surface area (Å²) in [6.45, 7) is 4.97. The average molecular weight is 750 g/mol. The van der Waals surface area contributed by atoms with Crippen LogP contribution in [0.15, 0.2) is 51.9 Å². The molecule has 2 aromatic carbocycles. The van der Waals surface area contributed by atoms with Crippen molar-refractivity contribution in [3.8, 4) is 0 Å². The van der Waals surface area contributed by atoms with Crippen molar-refractivity contribution in [3.63, 3.8) is 0 Å². The number of hydrogen-bond donors (Lipinski definition) is 2. The van der Waals surface area contributed by atoms with E-state index in [1.54, 1.807) is 13.2 Å². The molecule has 15 heteroatoms. The van der Waals surface area contributed by atoms with Crippen molar-refractivity contribution in [2.24, 2.45) is 7.05 Å². The molecule has 0 aliphatic carbocycles. The van der Waals surface area contributed by atoms with Crippen LogP contribution in [0.3, 0.4) is 0 Å². The standard InChI is InChI=1S/C35H38BrFN8O5/c1-41-18-22(13-23(19-41)39-27-16-38-42(2)35(50)31(27)36)21-5-3-20(4-6-21)17-43-9-11-44(12-10-43)29-15-25-24(14-26(29)37)33(48)45(34(25)49)28-7-8-30(46)40-32(28)47/h3-6,14-16,22-23,28,39H,7-13,17-19H2,1-2H3,(H,40,46,47). The van der Waals surface area contributed by atoms with Crippen LogP contribution < -0.4 is 21.1 Å². The first-order chi connectivity index (χ1) is 24.0. The molecule has 13 nitrogen and oxygen atoms in total. The van der Waals surface area contributed by atoms with Gasteiger partial charge in [-0.2, -0.15) is 5.10 Å². The van der Waals surface area contributed by atoms with E-state index >= 15 is 4.39 Å². The lowest BCUT2D eigenvalue weighted by molar-refractivity contribution is -0.136. The van der Waals surface area contributed by atoms with E-state index < -0.39 is 35.5 Å². The molecule has 0 bridgehead atoms. The van der Waals surface area contributed by atoms with Gasteiger partial charge in [-0.1, -0.05) is 24.3 Å². The Labute approximate surface area is 296 Å². The highest BCUT2D eigenvalue weighted by molar-refractivity contribution is 9.10. The molecule has 3 atom stereocenters. The smallest absolute Gasteiger partial charge is 0.282 e. The number of benzene rings is 2. The van der Waals surface area contributed by atoms with Gasteiger partial charge in [0.1, 0.15) is 16.3 Å². The molecule has 0 radical (unpaired) electrons. The summed E-state index contributed by atoms with van der Waals surface area (Å²) in [6.07, 6.45) is 2.65. The van der Waals surface area contributed by atoms with Crippen LogP contribution in [0.25, 0.3) is 0 Å². The predicted octanol–water partition coefficient (Wildman–Crippen LogP) is 2.31. The van der Waals surface area contributed by atoms with E-state index in [0.29, 0.717) is 42.3 Å². The second-order valence-electron chi connectivity index (χ2n) is 13.6. The van der Waals surface area contributed by atoms with Crippen molar-refractivity contribution in [3.05, 3.63) is 85.5 Å². The van der Waals surface area contributed by atoms with Gasteiger partial charge in [0.25, 0.3) is 17.4 Å². The first-order valence-corrected chi connectivity index (χ1v) is 17.5. The van der Waals surface area contributed by atoms with Gasteiger partial charge >= 0.3 is 0 Å². The second kappa shape index (κ2) is 13.7. The molecule has 262 valence electrons. The zero-order valence-corrected chi connectivity index (χ0v) is 29.4. The maximum absolute atomic E-state index is 15.4. The summed E-state index contributed by atoms with van der Waals surface area (Å²) >= 11 is 3.42. The molecule has 7 rings (SSSR count). The Kier molecular flexibility index (Phi) is 9.30. The van der Waals surface area contributed by atoms with Gasteiger partial charge in [0, 0.05) is 65.3 Å². The predicted molar refractivity (Wildman–Crippen MR) is 186 cm³/mol. The molecule has 3 fully saturated rings. The van der Waals surface area contributed by atoms with E-state index in [1.165, 1.54) is 21.9 Å². The number of amides is 4. The molecule has 3 unspecified atom stereocenters. The molecular formula is C35H38BrFN8O5. The fourth-order valence-electron chi connectivity index (χ4n) is 7.52. The number of imide groups is 2. The Morgan fingerprint density at radius 1 is 0.960 bits per heavy atom. The molecule has 0 spiro atoms. The monoisotopic (exact) mass is 748 g/mol. The number of aromatic nitrogens is 2. The average Bonchev–Trinajstić information content (AvgIpc) is 3.33. The van der Waals surface area contributed by atoms with Crippen molar-refractivity contribution in [1.82, 2.24) is 29.8 Å².